The van der Waals surface area contributed by atoms with Crippen molar-refractivity contribution in [2.75, 3.05) is 0 Å². The lowest BCUT2D eigenvalue weighted by Gasteiger charge is -2.41. The Balaban J connectivity index is 1.59. The van der Waals surface area contributed by atoms with Gasteiger partial charge in [-0.25, -0.2) is 0 Å². The topological polar surface area (TPSA) is 228 Å². The Morgan fingerprint density at radius 3 is 2.22 bits per heavy atom. The zero-order valence-electron chi connectivity index (χ0n) is 20.9. The Morgan fingerprint density at radius 2 is 1.54 bits per heavy atom. The minimum absolute atomic E-state index is 0.0427. The van der Waals surface area contributed by atoms with Gasteiger partial charge in [-0.15, -0.1) is 0 Å². The molecule has 1 saturated heterocycles. The van der Waals surface area contributed by atoms with Gasteiger partial charge in [-0.2, -0.15) is 0 Å². The van der Waals surface area contributed by atoms with Crippen LogP contribution in [0.1, 0.15) is 10.4 Å². The number of ketones is 1. The number of phenolic OH excluding ortho intramolecular Hbond substituents is 4. The first kappa shape index (κ1) is 27.9. The highest BCUT2D eigenvalue weighted by atomic mass is 16.7. The van der Waals surface area contributed by atoms with Gasteiger partial charge in [0.05, 0.1) is 0 Å². The van der Waals surface area contributed by atoms with E-state index < -0.39 is 87.9 Å². The molecule has 0 radical (unpaired) electrons. The smallest absolute Gasteiger partial charge is 0.239 e. The zero-order valence-corrected chi connectivity index (χ0v) is 20.9. The molecule has 0 bridgehead atoms. The van der Waals surface area contributed by atoms with Gasteiger partial charge in [-0.05, 0) is 18.2 Å². The standard InChI is InChI=1S/C28H24O13/c29-13-9-16(32)18-17(10-13)39-25(12-6-7-14(30)15(31)8-12)27(20(18)34)41-28-24(38)21(35)23(37)26(40-28)22(36)19(33)11-4-2-1-3-5-11/h1-10,21-24,26,28-32,35-38H/t21-,22?,23+,24+,26+,28-/m0/s1. The summed E-state index contributed by atoms with van der Waals surface area (Å²) in [6.45, 7) is 0. The molecule has 0 amide bonds. The van der Waals surface area contributed by atoms with Crippen molar-refractivity contribution in [2.45, 2.75) is 36.8 Å². The van der Waals surface area contributed by atoms with Crippen molar-refractivity contribution in [1.82, 2.24) is 0 Å². The quantitative estimate of drug-likeness (QED) is 0.119. The Hall–Kier alpha value is -4.66. The zero-order chi connectivity index (χ0) is 29.6. The molecule has 0 aliphatic carbocycles. The number of benzene rings is 3. The van der Waals surface area contributed by atoms with Gasteiger partial charge in [-0.1, -0.05) is 30.3 Å². The van der Waals surface area contributed by atoms with Crippen LogP contribution in [0, 0.1) is 0 Å². The van der Waals surface area contributed by atoms with Crippen LogP contribution in [-0.2, 0) is 4.74 Å². The minimum Gasteiger partial charge on any atom is -0.508 e. The predicted octanol–water partition coefficient (Wildman–Crippen LogP) is 0.713. The van der Waals surface area contributed by atoms with Crippen molar-refractivity contribution in [3.05, 3.63) is 76.5 Å². The van der Waals surface area contributed by atoms with Crippen LogP contribution < -0.4 is 10.2 Å². The first-order valence-corrected chi connectivity index (χ1v) is 12.2. The SMILES string of the molecule is O=C(c1ccccc1)C(O)[C@H]1O[C@@H](Oc2c(-c3ccc(O)c(O)c3)oc3cc(O)cc(O)c3c2=O)[C@H](O)[C@@H](O)[C@H]1O. The van der Waals surface area contributed by atoms with Crippen LogP contribution in [0.25, 0.3) is 22.3 Å². The molecule has 0 spiro atoms. The molecular formula is C28H24O13. The highest BCUT2D eigenvalue weighted by molar-refractivity contribution is 5.99. The number of fused-ring (bicyclic) bond motifs is 1. The molecule has 41 heavy (non-hydrogen) atoms. The molecule has 1 fully saturated rings. The number of hydrogen-bond donors (Lipinski definition) is 8. The molecule has 6 atom stereocenters. The number of carbonyl (C=O) groups is 1. The number of aromatic hydroxyl groups is 4. The van der Waals surface area contributed by atoms with Crippen molar-refractivity contribution in [3.8, 4) is 40.1 Å². The Bertz CT molecular complexity index is 1670. The number of aliphatic hydroxyl groups is 4. The summed E-state index contributed by atoms with van der Waals surface area (Å²) < 4.78 is 16.9. The van der Waals surface area contributed by atoms with Crippen LogP contribution >= 0.6 is 0 Å². The number of ether oxygens (including phenoxy) is 2. The summed E-state index contributed by atoms with van der Waals surface area (Å²) in [4.78, 5) is 26.4. The maximum absolute atomic E-state index is 13.6. The van der Waals surface area contributed by atoms with E-state index in [0.29, 0.717) is 0 Å². The Labute approximate surface area is 229 Å². The van der Waals surface area contributed by atoms with E-state index in [4.69, 9.17) is 13.9 Å². The minimum atomic E-state index is -2.03. The van der Waals surface area contributed by atoms with Crippen LogP contribution in [0.4, 0.5) is 0 Å². The predicted molar refractivity (Wildman–Crippen MR) is 139 cm³/mol. The highest BCUT2D eigenvalue weighted by Crippen LogP contribution is 2.39. The number of carbonyl (C=O) groups excluding carboxylic acids is 1. The second kappa shape index (κ2) is 10.7. The van der Waals surface area contributed by atoms with Crippen molar-refractivity contribution in [3.63, 3.8) is 0 Å². The van der Waals surface area contributed by atoms with Crippen LogP contribution in [0.3, 0.4) is 0 Å². The first-order valence-electron chi connectivity index (χ1n) is 12.2. The maximum Gasteiger partial charge on any atom is 0.239 e. The van der Waals surface area contributed by atoms with Gasteiger partial charge in [0.1, 0.15) is 53.0 Å². The van der Waals surface area contributed by atoms with Crippen LogP contribution in [0.5, 0.6) is 28.7 Å². The molecule has 5 rings (SSSR count). The Kier molecular flexibility index (Phi) is 7.29. The van der Waals surface area contributed by atoms with Crippen LogP contribution in [0.15, 0.2) is 69.9 Å². The van der Waals surface area contributed by atoms with Crippen molar-refractivity contribution in [2.24, 2.45) is 0 Å². The molecular weight excluding hydrogens is 544 g/mol. The van der Waals surface area contributed by atoms with Gasteiger partial charge in [0.2, 0.25) is 17.5 Å². The second-order valence-electron chi connectivity index (χ2n) is 9.36. The maximum atomic E-state index is 13.6. The highest BCUT2D eigenvalue weighted by Gasteiger charge is 2.49. The molecule has 1 aromatic heterocycles. The molecule has 8 N–H and O–H groups in total. The molecule has 1 unspecified atom stereocenters. The van der Waals surface area contributed by atoms with Crippen LogP contribution in [0.2, 0.25) is 0 Å². The summed E-state index contributed by atoms with van der Waals surface area (Å²) in [5.41, 5.74) is -1.32. The van der Waals surface area contributed by atoms with Gasteiger partial charge in [0.15, 0.2) is 23.0 Å². The van der Waals surface area contributed by atoms with E-state index in [1.54, 1.807) is 18.2 Å². The largest absolute Gasteiger partial charge is 0.508 e. The van der Waals surface area contributed by atoms with E-state index in [0.717, 1.165) is 24.3 Å². The average molecular weight is 568 g/mol. The van der Waals surface area contributed by atoms with Crippen molar-refractivity contribution in [1.29, 1.82) is 0 Å². The number of phenols is 4. The normalized spacial score (nSPS) is 23.3. The first-order chi connectivity index (χ1) is 19.5. The average Bonchev–Trinajstić information content (AvgIpc) is 2.95. The van der Waals surface area contributed by atoms with Crippen molar-refractivity contribution < 1.29 is 59.5 Å². The van der Waals surface area contributed by atoms with E-state index in [2.05, 4.69) is 0 Å². The van der Waals surface area contributed by atoms with E-state index in [1.165, 1.54) is 18.2 Å². The number of Topliss-reactive ketones (excluding diaryl/α,β-unsaturated/α-hetero) is 1. The fourth-order valence-electron chi connectivity index (χ4n) is 4.50. The lowest BCUT2D eigenvalue weighted by atomic mass is 9.91. The third-order valence-corrected chi connectivity index (χ3v) is 6.63. The molecule has 2 heterocycles. The van der Waals surface area contributed by atoms with Gasteiger partial charge in [-0.3, -0.25) is 9.59 Å². The fourth-order valence-corrected chi connectivity index (χ4v) is 4.50. The van der Waals surface area contributed by atoms with E-state index in [1.807, 2.05) is 0 Å². The lowest BCUT2D eigenvalue weighted by molar-refractivity contribution is -0.283. The van der Waals surface area contributed by atoms with Gasteiger partial charge in [0, 0.05) is 23.3 Å². The van der Waals surface area contributed by atoms with Gasteiger partial charge < -0.3 is 54.7 Å². The third kappa shape index (κ3) is 5.03. The monoisotopic (exact) mass is 568 g/mol. The van der Waals surface area contributed by atoms with E-state index in [9.17, 15) is 50.4 Å². The summed E-state index contributed by atoms with van der Waals surface area (Å²) in [7, 11) is 0. The molecule has 13 heteroatoms. The number of rotatable bonds is 6. The molecule has 3 aromatic carbocycles. The molecule has 214 valence electrons. The molecule has 0 saturated carbocycles. The number of hydrogen-bond acceptors (Lipinski definition) is 13. The summed E-state index contributed by atoms with van der Waals surface area (Å²) in [5.74, 6) is -4.26. The molecule has 1 aliphatic rings. The summed E-state index contributed by atoms with van der Waals surface area (Å²) in [6, 6.07) is 12.7. The lowest BCUT2D eigenvalue weighted by Crippen LogP contribution is -2.63. The molecule has 4 aromatic rings. The van der Waals surface area contributed by atoms with E-state index in [-0.39, 0.29) is 16.7 Å². The second-order valence-corrected chi connectivity index (χ2v) is 9.36. The fraction of sp³-hybridized carbons (Fsp3) is 0.214. The van der Waals surface area contributed by atoms with E-state index >= 15 is 0 Å². The summed E-state index contributed by atoms with van der Waals surface area (Å²) in [6.07, 6.45) is -11.8. The van der Waals surface area contributed by atoms with Gasteiger partial charge in [0.25, 0.3) is 0 Å². The Morgan fingerprint density at radius 1 is 0.829 bits per heavy atom. The van der Waals surface area contributed by atoms with Gasteiger partial charge >= 0.3 is 0 Å². The summed E-state index contributed by atoms with van der Waals surface area (Å²) in [5, 5.41) is 81.9. The number of aliphatic hydroxyl groups excluding tert-OH is 4. The third-order valence-electron chi connectivity index (χ3n) is 6.63. The summed E-state index contributed by atoms with van der Waals surface area (Å²) >= 11 is 0. The van der Waals surface area contributed by atoms with Crippen LogP contribution in [-0.4, -0.2) is 83.4 Å². The molecule has 13 nitrogen and oxygen atoms in total. The molecule has 1 aliphatic heterocycles. The van der Waals surface area contributed by atoms with Crippen molar-refractivity contribution >= 4 is 16.8 Å².